The summed E-state index contributed by atoms with van der Waals surface area (Å²) in [7, 11) is 3.85. The van der Waals surface area contributed by atoms with Crippen molar-refractivity contribution in [3.05, 3.63) is 120 Å². The zero-order chi connectivity index (χ0) is 40.9. The number of amides is 1. The molecule has 0 aliphatic carbocycles. The number of nitrogens with two attached hydrogens (primary N) is 1. The average molecular weight is 825 g/mol. The number of esters is 1. The fourth-order valence-electron chi connectivity index (χ4n) is 4.42. The summed E-state index contributed by atoms with van der Waals surface area (Å²) in [5.74, 6) is 2.41. The number of nitrogens with one attached hydrogen (secondary N) is 3. The zero-order valence-electron chi connectivity index (χ0n) is 29.6. The van der Waals surface area contributed by atoms with Gasteiger partial charge < -0.3 is 29.0 Å². The number of hydrogen-bond acceptors (Lipinski definition) is 14. The third-order valence-electron chi connectivity index (χ3n) is 6.90. The van der Waals surface area contributed by atoms with E-state index in [2.05, 4.69) is 56.8 Å². The molecule has 0 aliphatic rings. The topological polar surface area (TPSA) is 202 Å². The van der Waals surface area contributed by atoms with E-state index in [1.54, 1.807) is 48.5 Å². The highest BCUT2D eigenvalue weighted by atomic mass is 35.5. The molecule has 302 valence electrons. The third-order valence-corrected chi connectivity index (χ3v) is 6.90. The Morgan fingerprint density at radius 3 is 1.39 bits per heavy atom. The van der Waals surface area contributed by atoms with Gasteiger partial charge in [-0.2, -0.15) is 26.3 Å². The first-order valence-electron chi connectivity index (χ1n) is 15.6. The number of carbonyl (C=O) groups excluding carboxylic acids is 2. The van der Waals surface area contributed by atoms with Gasteiger partial charge in [0.05, 0.1) is 55.0 Å². The summed E-state index contributed by atoms with van der Waals surface area (Å²) in [6.45, 7) is 0. The fourth-order valence-corrected chi connectivity index (χ4v) is 4.42. The molecule has 6 rings (SSSR count). The summed E-state index contributed by atoms with van der Waals surface area (Å²) in [4.78, 5) is 31.3. The van der Waals surface area contributed by atoms with Crippen LogP contribution in [0.25, 0.3) is 22.9 Å². The minimum absolute atomic E-state index is 0. The summed E-state index contributed by atoms with van der Waals surface area (Å²) in [5, 5.41) is 20.8. The maximum Gasteiger partial charge on any atom is 0.416 e. The number of rotatable bonds is 9. The summed E-state index contributed by atoms with van der Waals surface area (Å²) < 4.78 is 91.0. The van der Waals surface area contributed by atoms with Gasteiger partial charge in [-0.25, -0.2) is 16.2 Å². The predicted molar refractivity (Wildman–Crippen MR) is 193 cm³/mol. The Labute approximate surface area is 324 Å². The molecule has 0 radical (unpaired) electrons. The van der Waals surface area contributed by atoms with Crippen molar-refractivity contribution in [3.63, 3.8) is 0 Å². The van der Waals surface area contributed by atoms with E-state index in [9.17, 15) is 35.9 Å². The highest BCUT2D eigenvalue weighted by molar-refractivity contribution is 5.89. The van der Waals surface area contributed by atoms with Crippen molar-refractivity contribution in [3.8, 4) is 22.9 Å². The molecular weight excluding hydrogens is 794 g/mol. The molecule has 0 fully saturated rings. The molecule has 2 heterocycles. The third kappa shape index (κ3) is 12.5. The van der Waals surface area contributed by atoms with E-state index in [0.29, 0.717) is 33.9 Å². The first kappa shape index (κ1) is 44.8. The van der Waals surface area contributed by atoms with Crippen molar-refractivity contribution in [2.45, 2.75) is 12.4 Å². The van der Waals surface area contributed by atoms with Crippen LogP contribution in [0.15, 0.2) is 106 Å². The van der Waals surface area contributed by atoms with Crippen LogP contribution in [0.1, 0.15) is 32.5 Å². The van der Waals surface area contributed by atoms with Crippen molar-refractivity contribution in [1.29, 1.82) is 0 Å². The normalized spacial score (nSPS) is 10.8. The Bertz CT molecular complexity index is 2200. The Hall–Kier alpha value is -6.55. The molecule has 0 bridgehead atoms. The molecule has 1 amide bonds. The number of nitrogens with zero attached hydrogens (tertiary/aromatic N) is 4. The van der Waals surface area contributed by atoms with Crippen LogP contribution in [0.2, 0.25) is 0 Å². The predicted octanol–water partition coefficient (Wildman–Crippen LogP) is 8.00. The van der Waals surface area contributed by atoms with Crippen LogP contribution >= 0.6 is 12.4 Å². The van der Waals surface area contributed by atoms with Crippen LogP contribution in [-0.2, 0) is 26.8 Å². The first-order chi connectivity index (χ1) is 26.7. The van der Waals surface area contributed by atoms with E-state index in [1.807, 2.05) is 0 Å². The van der Waals surface area contributed by atoms with E-state index in [0.717, 1.165) is 24.3 Å². The van der Waals surface area contributed by atoms with Crippen LogP contribution in [0.4, 0.5) is 49.1 Å². The first-order valence-corrected chi connectivity index (χ1v) is 15.6. The van der Waals surface area contributed by atoms with Crippen molar-refractivity contribution in [2.75, 3.05) is 32.0 Å². The van der Waals surface area contributed by atoms with Gasteiger partial charge in [0.1, 0.15) is 0 Å². The van der Waals surface area contributed by atoms with Crippen LogP contribution in [0.3, 0.4) is 0 Å². The number of anilines is 4. The summed E-state index contributed by atoms with van der Waals surface area (Å²) in [5.41, 5.74) is 3.44. The van der Waals surface area contributed by atoms with Crippen LogP contribution < -0.4 is 22.0 Å². The molecule has 0 saturated heterocycles. The molecule has 0 atom stereocenters. The monoisotopic (exact) mass is 824 g/mol. The highest BCUT2D eigenvalue weighted by Gasteiger charge is 2.31. The number of hydrogen-bond donors (Lipinski definition) is 4. The number of methoxy groups -OCH3 is 1. The van der Waals surface area contributed by atoms with Gasteiger partial charge in [0.25, 0.3) is 5.89 Å². The minimum atomic E-state index is -4.40. The lowest BCUT2D eigenvalue weighted by Gasteiger charge is -2.11. The Morgan fingerprint density at radius 2 is 1.00 bits per heavy atom. The largest absolute Gasteiger partial charge is 0.462 e. The average Bonchev–Trinajstić information content (AvgIpc) is 3.87. The summed E-state index contributed by atoms with van der Waals surface area (Å²) >= 11 is 0. The molecule has 0 spiro atoms. The van der Waals surface area contributed by atoms with E-state index >= 15 is 0 Å². The van der Waals surface area contributed by atoms with E-state index in [-0.39, 0.29) is 36.0 Å². The molecule has 2 aromatic heterocycles. The number of aromatic nitrogens is 4. The van der Waals surface area contributed by atoms with Gasteiger partial charge in [-0.15, -0.1) is 32.8 Å². The van der Waals surface area contributed by atoms with Gasteiger partial charge in [0, 0.05) is 11.4 Å². The summed E-state index contributed by atoms with van der Waals surface area (Å²) in [6, 6.07) is 22.8. The van der Waals surface area contributed by atoms with Crippen LogP contribution in [0.5, 0.6) is 0 Å². The maximum absolute atomic E-state index is 12.7. The second-order valence-corrected chi connectivity index (χ2v) is 10.7. The molecule has 15 nitrogen and oxygen atoms in total. The molecule has 0 saturated carbocycles. The van der Waals surface area contributed by atoms with Crippen molar-refractivity contribution in [1.82, 2.24) is 25.9 Å². The van der Waals surface area contributed by atoms with Gasteiger partial charge in [0.2, 0.25) is 5.89 Å². The van der Waals surface area contributed by atoms with Crippen LogP contribution in [-0.4, -0.2) is 53.6 Å². The Balaban J connectivity index is 0.000000281. The number of hydroxylamine groups is 1. The lowest BCUT2D eigenvalue weighted by molar-refractivity contribution is -0.138. The van der Waals surface area contributed by atoms with E-state index in [1.165, 1.54) is 45.6 Å². The van der Waals surface area contributed by atoms with Gasteiger partial charge in [0.15, 0.2) is 0 Å². The van der Waals surface area contributed by atoms with Crippen molar-refractivity contribution < 1.29 is 59.2 Å². The quantitative estimate of drug-likeness (QED) is 0.0620. The lowest BCUT2D eigenvalue weighted by Crippen LogP contribution is -2.22. The molecular formula is C35H31ClF6N8O7. The van der Waals surface area contributed by atoms with Crippen LogP contribution in [0, 0.1) is 0 Å². The van der Waals surface area contributed by atoms with Gasteiger partial charge in [-0.1, -0.05) is 24.3 Å². The molecule has 22 heteroatoms. The smallest absolute Gasteiger partial charge is 0.416 e. The number of para-hydroxylation sites is 2. The van der Waals surface area contributed by atoms with Crippen molar-refractivity contribution in [2.24, 2.45) is 5.90 Å². The number of halogens is 7. The molecule has 0 unspecified atom stereocenters. The number of alkyl halides is 6. The number of benzene rings is 4. The lowest BCUT2D eigenvalue weighted by atomic mass is 10.1. The van der Waals surface area contributed by atoms with Gasteiger partial charge in [-0.3, -0.25) is 9.63 Å². The van der Waals surface area contributed by atoms with E-state index in [4.69, 9.17) is 8.83 Å². The molecule has 6 aromatic rings. The molecule has 0 aliphatic heterocycles. The molecule has 4 aromatic carbocycles. The van der Waals surface area contributed by atoms with E-state index < -0.39 is 35.4 Å². The highest BCUT2D eigenvalue weighted by Crippen LogP contribution is 2.34. The maximum atomic E-state index is 12.7. The fraction of sp³-hybridized carbons (Fsp3) is 0.143. The minimum Gasteiger partial charge on any atom is -0.462 e. The number of ether oxygens (including phenoxy) is 1. The van der Waals surface area contributed by atoms with Gasteiger partial charge in [-0.05, 0) is 72.8 Å². The molecule has 57 heavy (non-hydrogen) atoms. The van der Waals surface area contributed by atoms with Crippen molar-refractivity contribution >= 4 is 47.0 Å². The standard InChI is InChI=1S/C17H13F3N4O3.C17H12F3N3O3.CH5NO.ClH/c1-26-24-14(25)16-23-22-15(27-16)12-4-2-3-5-13(12)21-11-8-6-10(7-9-11)17(18,19)20;1-25-16(24)15-23-22-14(26-15)12-4-2-3-5-13(12)21-11-8-6-10(7-9-11)17(18,19)20;1-3-2;/h2-9,21H,1H3,(H,24,25);2-9,21H,1H3;2H2,1H3;1H. The number of carbonyl (C=O) groups is 2. The Morgan fingerprint density at radius 1 is 0.614 bits per heavy atom. The zero-order valence-corrected chi connectivity index (χ0v) is 30.5. The van der Waals surface area contributed by atoms with Gasteiger partial charge >= 0.3 is 36.0 Å². The Kier molecular flexibility index (Phi) is 16.0. The molecule has 5 N–H and O–H groups in total. The SMILES string of the molecule is COC(=O)c1nnc(-c2ccccc2Nc2ccc(C(F)(F)F)cc2)o1.CON.CONC(=O)c1nnc(-c2ccccc2Nc2ccc(C(F)(F)F)cc2)o1.Cl. The second-order valence-electron chi connectivity index (χ2n) is 10.7. The summed E-state index contributed by atoms with van der Waals surface area (Å²) in [6.07, 6.45) is -8.80. The second kappa shape index (κ2) is 20.4.